The van der Waals surface area contributed by atoms with Gasteiger partial charge in [0.15, 0.2) is 0 Å². The lowest BCUT2D eigenvalue weighted by Gasteiger charge is -2.08. The lowest BCUT2D eigenvalue weighted by Crippen LogP contribution is -2.05. The predicted octanol–water partition coefficient (Wildman–Crippen LogP) is 5.33. The van der Waals surface area contributed by atoms with E-state index in [1.165, 1.54) is 12.1 Å². The van der Waals surface area contributed by atoms with E-state index in [9.17, 15) is 13.2 Å². The first-order chi connectivity index (χ1) is 11.5. The van der Waals surface area contributed by atoms with Gasteiger partial charge in [0, 0.05) is 28.4 Å². The second-order valence-electron chi connectivity index (χ2n) is 5.74. The number of para-hydroxylation sites is 1. The second-order valence-corrected chi connectivity index (χ2v) is 5.74. The zero-order valence-corrected chi connectivity index (χ0v) is 12.6. The molecular formula is C19H13F3N2. The molecule has 0 amide bonds. The van der Waals surface area contributed by atoms with Crippen LogP contribution < -0.4 is 0 Å². The molecule has 0 radical (unpaired) electrons. The highest BCUT2D eigenvalue weighted by Crippen LogP contribution is 2.30. The maximum absolute atomic E-state index is 12.8. The van der Waals surface area contributed by atoms with E-state index in [0.717, 1.165) is 33.7 Å². The number of hydrogen-bond acceptors (Lipinski definition) is 1. The van der Waals surface area contributed by atoms with Crippen LogP contribution in [0.1, 0.15) is 16.8 Å². The predicted molar refractivity (Wildman–Crippen MR) is 87.8 cm³/mol. The van der Waals surface area contributed by atoms with Crippen molar-refractivity contribution >= 4 is 21.9 Å². The largest absolute Gasteiger partial charge is 0.416 e. The monoisotopic (exact) mass is 326 g/mol. The number of nitrogens with zero attached hydrogens (tertiary/aromatic N) is 1. The lowest BCUT2D eigenvalue weighted by molar-refractivity contribution is -0.137. The van der Waals surface area contributed by atoms with Crippen LogP contribution in [0.25, 0.3) is 21.9 Å². The quantitative estimate of drug-likeness (QED) is 0.530. The van der Waals surface area contributed by atoms with Crippen LogP contribution in [0.2, 0.25) is 0 Å². The van der Waals surface area contributed by atoms with Crippen molar-refractivity contribution in [2.45, 2.75) is 12.6 Å². The Labute approximate surface area is 136 Å². The number of rotatable bonds is 2. The zero-order chi connectivity index (χ0) is 16.7. The number of alkyl halides is 3. The number of hydrogen-bond donors (Lipinski definition) is 1. The first kappa shape index (κ1) is 14.8. The van der Waals surface area contributed by atoms with Crippen LogP contribution in [0, 0.1) is 0 Å². The third kappa shape index (κ3) is 2.62. The molecule has 1 N–H and O–H groups in total. The van der Waals surface area contributed by atoms with Crippen molar-refractivity contribution in [1.82, 2.24) is 9.97 Å². The summed E-state index contributed by atoms with van der Waals surface area (Å²) < 4.78 is 38.4. The van der Waals surface area contributed by atoms with E-state index in [-0.39, 0.29) is 0 Å². The first-order valence-corrected chi connectivity index (χ1v) is 7.53. The Hall–Kier alpha value is -2.82. The first-order valence-electron chi connectivity index (χ1n) is 7.53. The summed E-state index contributed by atoms with van der Waals surface area (Å²) in [4.78, 5) is 7.81. The van der Waals surface area contributed by atoms with Gasteiger partial charge in [-0.25, -0.2) is 4.98 Å². The van der Waals surface area contributed by atoms with Crippen LogP contribution in [0.5, 0.6) is 0 Å². The molecule has 5 heteroatoms. The van der Waals surface area contributed by atoms with Crippen molar-refractivity contribution in [2.24, 2.45) is 0 Å². The van der Waals surface area contributed by atoms with E-state index in [0.29, 0.717) is 12.0 Å². The molecule has 4 aromatic rings. The summed E-state index contributed by atoms with van der Waals surface area (Å²) in [5, 5.41) is 2.10. The van der Waals surface area contributed by atoms with Crippen molar-refractivity contribution in [2.75, 3.05) is 0 Å². The summed E-state index contributed by atoms with van der Waals surface area (Å²) in [7, 11) is 0. The van der Waals surface area contributed by atoms with E-state index in [1.54, 1.807) is 6.07 Å². The van der Waals surface area contributed by atoms with E-state index < -0.39 is 11.7 Å². The van der Waals surface area contributed by atoms with E-state index in [4.69, 9.17) is 0 Å². The Kier molecular flexibility index (Phi) is 3.30. The van der Waals surface area contributed by atoms with Gasteiger partial charge in [-0.3, -0.25) is 0 Å². The Balaban J connectivity index is 1.71. The number of benzene rings is 2. The topological polar surface area (TPSA) is 28.7 Å². The molecule has 24 heavy (non-hydrogen) atoms. The molecular weight excluding hydrogens is 313 g/mol. The van der Waals surface area contributed by atoms with Gasteiger partial charge in [0.25, 0.3) is 0 Å². The molecule has 2 aromatic carbocycles. The molecule has 0 unspecified atom stereocenters. The van der Waals surface area contributed by atoms with E-state index in [1.807, 2.05) is 36.4 Å². The molecule has 0 saturated heterocycles. The minimum absolute atomic E-state index is 0.356. The van der Waals surface area contributed by atoms with Gasteiger partial charge < -0.3 is 4.98 Å². The maximum Gasteiger partial charge on any atom is 0.416 e. The highest BCUT2D eigenvalue weighted by Gasteiger charge is 2.30. The standard InChI is InChI=1S/C19H13F3N2/c20-19(21,22)13-5-3-4-12(10-13)11-14-8-9-16-15-6-1-2-7-17(15)24-18(16)23-14/h1-10H,11H2,(H,23,24). The average molecular weight is 326 g/mol. The summed E-state index contributed by atoms with van der Waals surface area (Å²) in [6.07, 6.45) is -3.97. The van der Waals surface area contributed by atoms with Crippen LogP contribution in [0.15, 0.2) is 60.7 Å². The molecule has 0 fully saturated rings. The van der Waals surface area contributed by atoms with Crippen molar-refractivity contribution in [3.05, 3.63) is 77.5 Å². The molecule has 0 spiro atoms. The third-order valence-electron chi connectivity index (χ3n) is 4.06. The summed E-state index contributed by atoms with van der Waals surface area (Å²) in [6.45, 7) is 0. The van der Waals surface area contributed by atoms with Gasteiger partial charge >= 0.3 is 6.18 Å². The molecule has 120 valence electrons. The summed E-state index contributed by atoms with van der Waals surface area (Å²) in [5.74, 6) is 0. The molecule has 0 aliphatic carbocycles. The molecule has 0 aliphatic heterocycles. The van der Waals surface area contributed by atoms with Gasteiger partial charge in [-0.15, -0.1) is 0 Å². The number of pyridine rings is 1. The summed E-state index contributed by atoms with van der Waals surface area (Å²) in [6, 6.07) is 17.1. The SMILES string of the molecule is FC(F)(F)c1cccc(Cc2ccc3c(n2)[nH]c2ccccc23)c1. The minimum Gasteiger partial charge on any atom is -0.339 e. The number of aromatic nitrogens is 2. The highest BCUT2D eigenvalue weighted by atomic mass is 19.4. The Bertz CT molecular complexity index is 1030. The Morgan fingerprint density at radius 1 is 0.875 bits per heavy atom. The number of halogens is 3. The second kappa shape index (κ2) is 5.37. The number of H-pyrrole nitrogens is 1. The fraction of sp³-hybridized carbons (Fsp3) is 0.105. The van der Waals surface area contributed by atoms with Crippen LogP contribution >= 0.6 is 0 Å². The van der Waals surface area contributed by atoms with Crippen molar-refractivity contribution < 1.29 is 13.2 Å². The van der Waals surface area contributed by atoms with Crippen LogP contribution in [0.4, 0.5) is 13.2 Å². The lowest BCUT2D eigenvalue weighted by atomic mass is 10.1. The van der Waals surface area contributed by atoms with Gasteiger partial charge in [0.1, 0.15) is 5.65 Å². The maximum atomic E-state index is 12.8. The van der Waals surface area contributed by atoms with Gasteiger partial charge in [0.05, 0.1) is 5.56 Å². The van der Waals surface area contributed by atoms with Gasteiger partial charge in [-0.2, -0.15) is 13.2 Å². The number of fused-ring (bicyclic) bond motifs is 3. The summed E-state index contributed by atoms with van der Waals surface area (Å²) >= 11 is 0. The van der Waals surface area contributed by atoms with Crippen LogP contribution in [0.3, 0.4) is 0 Å². The third-order valence-corrected chi connectivity index (χ3v) is 4.06. The Morgan fingerprint density at radius 2 is 1.71 bits per heavy atom. The number of nitrogens with one attached hydrogen (secondary N) is 1. The van der Waals surface area contributed by atoms with Gasteiger partial charge in [0.2, 0.25) is 0 Å². The van der Waals surface area contributed by atoms with Crippen molar-refractivity contribution in [1.29, 1.82) is 0 Å². The number of aromatic amines is 1. The van der Waals surface area contributed by atoms with E-state index >= 15 is 0 Å². The fourth-order valence-electron chi connectivity index (χ4n) is 2.93. The van der Waals surface area contributed by atoms with Crippen molar-refractivity contribution in [3.8, 4) is 0 Å². The molecule has 2 nitrogen and oxygen atoms in total. The molecule has 4 rings (SSSR count). The molecule has 0 saturated carbocycles. The minimum atomic E-state index is -4.33. The molecule has 0 atom stereocenters. The zero-order valence-electron chi connectivity index (χ0n) is 12.6. The normalized spacial score (nSPS) is 12.1. The van der Waals surface area contributed by atoms with Gasteiger partial charge in [-0.05, 0) is 29.8 Å². The van der Waals surface area contributed by atoms with Crippen molar-refractivity contribution in [3.63, 3.8) is 0 Å². The van der Waals surface area contributed by atoms with E-state index in [2.05, 4.69) is 9.97 Å². The molecule has 2 aromatic heterocycles. The Morgan fingerprint density at radius 3 is 2.54 bits per heavy atom. The molecule has 0 aliphatic rings. The average Bonchev–Trinajstić information content (AvgIpc) is 2.92. The molecule has 0 bridgehead atoms. The summed E-state index contributed by atoms with van der Waals surface area (Å²) in [5.41, 5.74) is 2.43. The van der Waals surface area contributed by atoms with Crippen LogP contribution in [-0.2, 0) is 12.6 Å². The van der Waals surface area contributed by atoms with Crippen LogP contribution in [-0.4, -0.2) is 9.97 Å². The highest BCUT2D eigenvalue weighted by molar-refractivity contribution is 6.05. The smallest absolute Gasteiger partial charge is 0.339 e. The molecule has 2 heterocycles. The van der Waals surface area contributed by atoms with Gasteiger partial charge in [-0.1, -0.05) is 36.4 Å². The fourth-order valence-corrected chi connectivity index (χ4v) is 2.93.